The van der Waals surface area contributed by atoms with Crippen LogP contribution in [0.15, 0.2) is 18.3 Å². The summed E-state index contributed by atoms with van der Waals surface area (Å²) in [6.45, 7) is 1.61. The monoisotopic (exact) mass is 339 g/mol. The highest BCUT2D eigenvalue weighted by Crippen LogP contribution is 2.29. The lowest BCUT2D eigenvalue weighted by Gasteiger charge is -2.10. The molecule has 0 amide bonds. The van der Waals surface area contributed by atoms with E-state index in [1.807, 2.05) is 0 Å². The predicted molar refractivity (Wildman–Crippen MR) is 62.9 cm³/mol. The first-order valence-corrected chi connectivity index (χ1v) is 6.07. The molecule has 0 fully saturated rings. The van der Waals surface area contributed by atoms with Gasteiger partial charge in [-0.25, -0.2) is 0 Å². The van der Waals surface area contributed by atoms with E-state index in [0.29, 0.717) is 6.07 Å². The highest BCUT2D eigenvalue weighted by atomic mass is 79.9. The number of hydrogen-bond acceptors (Lipinski definition) is 4. The molecule has 0 aliphatic rings. The quantitative estimate of drug-likeness (QED) is 0.366. The summed E-state index contributed by atoms with van der Waals surface area (Å²) in [5.74, 6) is -1.75. The summed E-state index contributed by atoms with van der Waals surface area (Å²) in [5.41, 5.74) is -1.46. The van der Waals surface area contributed by atoms with E-state index in [0.717, 1.165) is 12.3 Å². The highest BCUT2D eigenvalue weighted by Gasteiger charge is 2.33. The normalized spacial score (nSPS) is 12.9. The Morgan fingerprint density at radius 3 is 2.63 bits per heavy atom. The average Bonchev–Trinajstić information content (AvgIpc) is 2.36. The molecule has 19 heavy (non-hydrogen) atoms. The van der Waals surface area contributed by atoms with E-state index in [9.17, 15) is 22.8 Å². The molecule has 1 unspecified atom stereocenters. The van der Waals surface area contributed by atoms with Gasteiger partial charge in [0, 0.05) is 6.20 Å². The topological polar surface area (TPSA) is 56.3 Å². The fourth-order valence-electron chi connectivity index (χ4n) is 1.19. The van der Waals surface area contributed by atoms with Crippen LogP contribution < -0.4 is 0 Å². The van der Waals surface area contributed by atoms with E-state index in [1.54, 1.807) is 6.92 Å². The van der Waals surface area contributed by atoms with Crippen LogP contribution in [0.2, 0.25) is 0 Å². The van der Waals surface area contributed by atoms with Crippen LogP contribution in [0.3, 0.4) is 0 Å². The SMILES string of the molecule is CCOC(=O)C(Br)C(=O)c1cc(C(F)(F)F)ccn1. The molecule has 0 N–H and O–H groups in total. The van der Waals surface area contributed by atoms with Gasteiger partial charge in [0.1, 0.15) is 5.69 Å². The number of nitrogens with zero attached hydrogens (tertiary/aromatic N) is 1. The van der Waals surface area contributed by atoms with Gasteiger partial charge in [0.05, 0.1) is 12.2 Å². The van der Waals surface area contributed by atoms with Crippen LogP contribution in [-0.4, -0.2) is 28.2 Å². The summed E-state index contributed by atoms with van der Waals surface area (Å²) in [6.07, 6.45) is -3.72. The third-order valence-electron chi connectivity index (χ3n) is 2.06. The van der Waals surface area contributed by atoms with E-state index in [-0.39, 0.29) is 6.61 Å². The maximum absolute atomic E-state index is 12.5. The molecule has 1 aromatic heterocycles. The molecular formula is C11H9BrF3NO3. The Morgan fingerprint density at radius 2 is 2.11 bits per heavy atom. The lowest BCUT2D eigenvalue weighted by atomic mass is 10.1. The molecule has 0 saturated heterocycles. The summed E-state index contributed by atoms with van der Waals surface area (Å²) in [4.78, 5) is 25.2. The standard InChI is InChI=1S/C11H9BrF3NO3/c1-2-19-10(18)8(12)9(17)7-5-6(3-4-16-7)11(13,14)15/h3-5,8H,2H2,1H3. The van der Waals surface area contributed by atoms with E-state index < -0.39 is 34.0 Å². The Labute approximate surface area is 115 Å². The lowest BCUT2D eigenvalue weighted by Crippen LogP contribution is -2.27. The van der Waals surface area contributed by atoms with E-state index in [4.69, 9.17) is 0 Å². The largest absolute Gasteiger partial charge is 0.465 e. The van der Waals surface area contributed by atoms with Crippen molar-refractivity contribution in [3.63, 3.8) is 0 Å². The van der Waals surface area contributed by atoms with E-state index in [2.05, 4.69) is 25.7 Å². The zero-order valence-electron chi connectivity index (χ0n) is 9.70. The molecule has 8 heteroatoms. The Balaban J connectivity index is 2.97. The van der Waals surface area contributed by atoms with E-state index in [1.165, 1.54) is 0 Å². The molecular weight excluding hydrogens is 331 g/mol. The van der Waals surface area contributed by atoms with Crippen LogP contribution >= 0.6 is 15.9 Å². The smallest absolute Gasteiger partial charge is 0.416 e. The first-order valence-electron chi connectivity index (χ1n) is 5.15. The second-order valence-electron chi connectivity index (χ2n) is 3.41. The first-order chi connectivity index (χ1) is 8.77. The van der Waals surface area contributed by atoms with Crippen molar-refractivity contribution < 1.29 is 27.5 Å². The molecule has 4 nitrogen and oxygen atoms in total. The number of pyridine rings is 1. The predicted octanol–water partition coefficient (Wildman–Crippen LogP) is 2.61. The van der Waals surface area contributed by atoms with Gasteiger partial charge in [0.15, 0.2) is 4.83 Å². The number of esters is 1. The molecule has 0 spiro atoms. The van der Waals surface area contributed by atoms with Crippen molar-refractivity contribution in [2.45, 2.75) is 17.9 Å². The van der Waals surface area contributed by atoms with Gasteiger partial charge in [-0.05, 0) is 19.1 Å². The van der Waals surface area contributed by atoms with Crippen LogP contribution in [-0.2, 0) is 15.7 Å². The van der Waals surface area contributed by atoms with E-state index >= 15 is 0 Å². The van der Waals surface area contributed by atoms with Gasteiger partial charge < -0.3 is 4.74 Å². The first kappa shape index (κ1) is 15.6. The molecule has 1 aromatic rings. The molecule has 0 aliphatic carbocycles. The summed E-state index contributed by atoms with van der Waals surface area (Å²) in [5, 5.41) is 0. The summed E-state index contributed by atoms with van der Waals surface area (Å²) < 4.78 is 42.0. The fraction of sp³-hybridized carbons (Fsp3) is 0.364. The average molecular weight is 340 g/mol. The molecule has 1 heterocycles. The number of carbonyl (C=O) groups is 2. The highest BCUT2D eigenvalue weighted by molar-refractivity contribution is 9.10. The number of halogens is 4. The molecule has 0 aromatic carbocycles. The molecule has 0 bridgehead atoms. The number of ketones is 1. The number of Topliss-reactive ketones (excluding diaryl/α,β-unsaturated/α-hetero) is 1. The van der Waals surface area contributed by atoms with Crippen LogP contribution in [0.1, 0.15) is 23.0 Å². The summed E-state index contributed by atoms with van der Waals surface area (Å²) >= 11 is 2.78. The van der Waals surface area contributed by atoms with Gasteiger partial charge >= 0.3 is 12.1 Å². The van der Waals surface area contributed by atoms with Crippen molar-refractivity contribution in [3.8, 4) is 0 Å². The van der Waals surface area contributed by atoms with Crippen LogP contribution in [0.4, 0.5) is 13.2 Å². The minimum atomic E-state index is -4.58. The number of hydrogen-bond donors (Lipinski definition) is 0. The lowest BCUT2D eigenvalue weighted by molar-refractivity contribution is -0.141. The summed E-state index contributed by atoms with van der Waals surface area (Å²) in [6, 6.07) is 1.33. The minimum Gasteiger partial charge on any atom is -0.465 e. The van der Waals surface area contributed by atoms with Crippen LogP contribution in [0, 0.1) is 0 Å². The number of alkyl halides is 4. The maximum Gasteiger partial charge on any atom is 0.416 e. The molecule has 0 aliphatic heterocycles. The third-order valence-corrected chi connectivity index (χ3v) is 2.85. The number of aromatic nitrogens is 1. The number of carbonyl (C=O) groups excluding carboxylic acids is 2. The molecule has 104 valence electrons. The van der Waals surface area contributed by atoms with Gasteiger partial charge in [0.25, 0.3) is 0 Å². The Bertz CT molecular complexity index is 490. The van der Waals surface area contributed by atoms with Gasteiger partial charge in [-0.2, -0.15) is 13.2 Å². The molecule has 1 rings (SSSR count). The maximum atomic E-state index is 12.5. The van der Waals surface area contributed by atoms with Crippen LogP contribution in [0.5, 0.6) is 0 Å². The van der Waals surface area contributed by atoms with Gasteiger partial charge in [-0.15, -0.1) is 0 Å². The third kappa shape index (κ3) is 4.02. The Morgan fingerprint density at radius 1 is 1.47 bits per heavy atom. The molecule has 0 radical (unpaired) electrons. The van der Waals surface area contributed by atoms with Crippen molar-refractivity contribution in [2.75, 3.05) is 6.61 Å². The van der Waals surface area contributed by atoms with Crippen molar-refractivity contribution in [1.82, 2.24) is 4.98 Å². The van der Waals surface area contributed by atoms with Crippen LogP contribution in [0.25, 0.3) is 0 Å². The minimum absolute atomic E-state index is 0.0598. The van der Waals surface area contributed by atoms with Gasteiger partial charge in [0.2, 0.25) is 5.78 Å². The second kappa shape index (κ2) is 6.14. The van der Waals surface area contributed by atoms with Crippen molar-refractivity contribution in [2.24, 2.45) is 0 Å². The fourth-order valence-corrected chi connectivity index (χ4v) is 1.56. The van der Waals surface area contributed by atoms with Gasteiger partial charge in [-0.3, -0.25) is 14.6 Å². The number of rotatable bonds is 4. The van der Waals surface area contributed by atoms with Crippen molar-refractivity contribution in [1.29, 1.82) is 0 Å². The zero-order valence-corrected chi connectivity index (χ0v) is 11.3. The van der Waals surface area contributed by atoms with Crippen molar-refractivity contribution >= 4 is 27.7 Å². The summed E-state index contributed by atoms with van der Waals surface area (Å²) in [7, 11) is 0. The van der Waals surface area contributed by atoms with Gasteiger partial charge in [-0.1, -0.05) is 15.9 Å². The molecule has 1 atom stereocenters. The Hall–Kier alpha value is -1.44. The second-order valence-corrected chi connectivity index (χ2v) is 4.32. The Kier molecular flexibility index (Phi) is 5.04. The van der Waals surface area contributed by atoms with Crippen molar-refractivity contribution in [3.05, 3.63) is 29.6 Å². The zero-order chi connectivity index (χ0) is 14.6. The number of ether oxygens (including phenoxy) is 1. The molecule has 0 saturated carbocycles.